The van der Waals surface area contributed by atoms with Crippen LogP contribution in [0.2, 0.25) is 0 Å². The lowest BCUT2D eigenvalue weighted by Crippen LogP contribution is -2.34. The van der Waals surface area contributed by atoms with Crippen molar-refractivity contribution in [2.75, 3.05) is 7.11 Å². The van der Waals surface area contributed by atoms with E-state index >= 15 is 0 Å². The van der Waals surface area contributed by atoms with Gasteiger partial charge in [-0.3, -0.25) is 0 Å². The molecule has 0 spiro atoms. The number of ether oxygens (including phenoxy) is 2. The summed E-state index contributed by atoms with van der Waals surface area (Å²) >= 11 is 3.62. The van der Waals surface area contributed by atoms with E-state index < -0.39 is 0 Å². The van der Waals surface area contributed by atoms with Gasteiger partial charge < -0.3 is 9.47 Å². The Balaban J connectivity index is 1.59. The average Bonchev–Trinajstić information content (AvgIpc) is 3.19. The van der Waals surface area contributed by atoms with Gasteiger partial charge in [-0.15, -0.1) is 0 Å². The van der Waals surface area contributed by atoms with Crippen LogP contribution in [-0.4, -0.2) is 17.8 Å². The molecule has 3 aromatic carbocycles. The molecule has 0 aliphatic carbocycles. The normalized spacial score (nSPS) is 19.6. The third-order valence-corrected chi connectivity index (χ3v) is 6.36. The number of halogens is 1. The number of hydrazone groups is 1. The predicted octanol–water partition coefficient (Wildman–Crippen LogP) is 6.32. The van der Waals surface area contributed by atoms with Crippen molar-refractivity contribution in [3.8, 4) is 11.5 Å². The van der Waals surface area contributed by atoms with E-state index in [0.717, 1.165) is 44.8 Å². The van der Waals surface area contributed by atoms with Crippen molar-refractivity contribution in [2.45, 2.75) is 32.5 Å². The standard InChI is InChI=1S/C25H23BrN2O2/c1-15-4-10-20(16(2)12-15)25-28-23(21-13-18(26)7-11-24(21)30-25)14-22(27-28)17-5-8-19(29-3)9-6-17/h4-13,23,25H,14H2,1-3H3/t23-,25+/m1/s1. The van der Waals surface area contributed by atoms with Crippen molar-refractivity contribution in [3.05, 3.63) is 93.0 Å². The summed E-state index contributed by atoms with van der Waals surface area (Å²) in [5.41, 5.74) is 6.95. The Morgan fingerprint density at radius 3 is 2.53 bits per heavy atom. The SMILES string of the molecule is COc1ccc(C2=NN3[C@H](C2)c2cc(Br)ccc2O[C@H]3c2ccc(C)cc2C)cc1. The van der Waals surface area contributed by atoms with E-state index in [4.69, 9.17) is 14.6 Å². The van der Waals surface area contributed by atoms with Crippen LogP contribution in [0.4, 0.5) is 0 Å². The Morgan fingerprint density at radius 2 is 1.80 bits per heavy atom. The van der Waals surface area contributed by atoms with E-state index in [-0.39, 0.29) is 12.3 Å². The molecule has 0 fully saturated rings. The lowest BCUT2D eigenvalue weighted by Gasteiger charge is -2.38. The smallest absolute Gasteiger partial charge is 0.214 e. The highest BCUT2D eigenvalue weighted by atomic mass is 79.9. The summed E-state index contributed by atoms with van der Waals surface area (Å²) in [7, 11) is 1.68. The molecule has 2 atom stereocenters. The zero-order valence-electron chi connectivity index (χ0n) is 17.2. The maximum atomic E-state index is 6.51. The fourth-order valence-corrected chi connectivity index (χ4v) is 4.70. The van der Waals surface area contributed by atoms with Crippen molar-refractivity contribution >= 4 is 21.6 Å². The van der Waals surface area contributed by atoms with Gasteiger partial charge in [0.2, 0.25) is 6.23 Å². The summed E-state index contributed by atoms with van der Waals surface area (Å²) in [5.74, 6) is 1.77. The monoisotopic (exact) mass is 462 g/mol. The molecule has 30 heavy (non-hydrogen) atoms. The van der Waals surface area contributed by atoms with Crippen LogP contribution in [0.15, 0.2) is 70.2 Å². The first-order valence-electron chi connectivity index (χ1n) is 10.1. The first-order chi connectivity index (χ1) is 14.5. The van der Waals surface area contributed by atoms with Crippen LogP contribution < -0.4 is 9.47 Å². The van der Waals surface area contributed by atoms with E-state index in [9.17, 15) is 0 Å². The molecule has 5 heteroatoms. The second kappa shape index (κ2) is 7.47. The molecule has 0 aromatic heterocycles. The second-order valence-electron chi connectivity index (χ2n) is 7.89. The zero-order chi connectivity index (χ0) is 20.8. The minimum Gasteiger partial charge on any atom is -0.497 e. The lowest BCUT2D eigenvalue weighted by molar-refractivity contribution is -0.0194. The van der Waals surface area contributed by atoms with Gasteiger partial charge in [-0.25, -0.2) is 5.01 Å². The highest BCUT2D eigenvalue weighted by molar-refractivity contribution is 9.10. The van der Waals surface area contributed by atoms with Crippen LogP contribution >= 0.6 is 15.9 Å². The fourth-order valence-electron chi connectivity index (χ4n) is 4.32. The summed E-state index contributed by atoms with van der Waals surface area (Å²) in [6, 6.07) is 21.0. The number of hydrogen-bond acceptors (Lipinski definition) is 4. The third-order valence-electron chi connectivity index (χ3n) is 5.87. The van der Waals surface area contributed by atoms with E-state index in [1.165, 1.54) is 11.1 Å². The van der Waals surface area contributed by atoms with Crippen molar-refractivity contribution in [3.63, 3.8) is 0 Å². The minimum atomic E-state index is -0.250. The molecule has 0 bridgehead atoms. The van der Waals surface area contributed by atoms with Gasteiger partial charge in [-0.2, -0.15) is 5.10 Å². The summed E-state index contributed by atoms with van der Waals surface area (Å²) in [6.45, 7) is 4.26. The fraction of sp³-hybridized carbons (Fsp3) is 0.240. The Hall–Kier alpha value is -2.79. The predicted molar refractivity (Wildman–Crippen MR) is 122 cm³/mol. The molecule has 2 aliphatic rings. The van der Waals surface area contributed by atoms with Gasteiger partial charge in [0.15, 0.2) is 0 Å². The Morgan fingerprint density at radius 1 is 1.00 bits per heavy atom. The van der Waals surface area contributed by atoms with Crippen LogP contribution in [0.1, 0.15) is 46.5 Å². The molecule has 0 saturated heterocycles. The van der Waals surface area contributed by atoms with Crippen LogP contribution in [-0.2, 0) is 0 Å². The summed E-state index contributed by atoms with van der Waals surface area (Å²) in [6.07, 6.45) is 0.584. The average molecular weight is 463 g/mol. The number of rotatable bonds is 3. The topological polar surface area (TPSA) is 34.1 Å². The molecule has 3 aromatic rings. The first kappa shape index (κ1) is 19.2. The highest BCUT2D eigenvalue weighted by Gasteiger charge is 2.41. The lowest BCUT2D eigenvalue weighted by atomic mass is 9.95. The third kappa shape index (κ3) is 3.27. The van der Waals surface area contributed by atoms with Crippen molar-refractivity contribution < 1.29 is 9.47 Å². The van der Waals surface area contributed by atoms with Gasteiger partial charge in [0.25, 0.3) is 0 Å². The van der Waals surface area contributed by atoms with Crippen LogP contribution in [0, 0.1) is 13.8 Å². The molecule has 152 valence electrons. The molecular formula is C25H23BrN2O2. The van der Waals surface area contributed by atoms with Crippen molar-refractivity contribution in [2.24, 2.45) is 5.10 Å². The number of fused-ring (bicyclic) bond motifs is 3. The van der Waals surface area contributed by atoms with Gasteiger partial charge in [-0.1, -0.05) is 39.7 Å². The molecule has 0 unspecified atom stereocenters. The number of methoxy groups -OCH3 is 1. The summed E-state index contributed by atoms with van der Waals surface area (Å²) < 4.78 is 12.9. The molecule has 0 N–H and O–H groups in total. The molecule has 4 nitrogen and oxygen atoms in total. The van der Waals surface area contributed by atoms with E-state index in [1.54, 1.807) is 7.11 Å². The molecule has 2 aliphatic heterocycles. The quantitative estimate of drug-likeness (QED) is 0.456. The maximum absolute atomic E-state index is 6.51. The number of aryl methyl sites for hydroxylation is 2. The second-order valence-corrected chi connectivity index (χ2v) is 8.80. The maximum Gasteiger partial charge on any atom is 0.214 e. The Labute approximate surface area is 185 Å². The van der Waals surface area contributed by atoms with Gasteiger partial charge in [0.1, 0.15) is 11.5 Å². The van der Waals surface area contributed by atoms with Crippen LogP contribution in [0.3, 0.4) is 0 Å². The van der Waals surface area contributed by atoms with Crippen LogP contribution in [0.5, 0.6) is 11.5 Å². The van der Waals surface area contributed by atoms with Gasteiger partial charge >= 0.3 is 0 Å². The summed E-state index contributed by atoms with van der Waals surface area (Å²) in [4.78, 5) is 0. The molecule has 2 heterocycles. The Bertz CT molecular complexity index is 1140. The van der Waals surface area contributed by atoms with Gasteiger partial charge in [-0.05, 0) is 67.4 Å². The van der Waals surface area contributed by atoms with Gasteiger partial charge in [0.05, 0.1) is 18.9 Å². The molecular weight excluding hydrogens is 440 g/mol. The van der Waals surface area contributed by atoms with Crippen molar-refractivity contribution in [1.29, 1.82) is 0 Å². The number of hydrogen-bond donors (Lipinski definition) is 0. The minimum absolute atomic E-state index is 0.133. The highest BCUT2D eigenvalue weighted by Crippen LogP contribution is 2.48. The van der Waals surface area contributed by atoms with Crippen LogP contribution in [0.25, 0.3) is 0 Å². The molecule has 5 rings (SSSR count). The van der Waals surface area contributed by atoms with E-state index in [0.29, 0.717) is 0 Å². The zero-order valence-corrected chi connectivity index (χ0v) is 18.8. The molecule has 0 amide bonds. The Kier molecular flexibility index (Phi) is 4.78. The molecule has 0 radical (unpaired) electrons. The van der Waals surface area contributed by atoms with Crippen molar-refractivity contribution in [1.82, 2.24) is 5.01 Å². The van der Waals surface area contributed by atoms with E-state index in [2.05, 4.69) is 77.3 Å². The number of benzene rings is 3. The first-order valence-corrected chi connectivity index (χ1v) is 10.9. The van der Waals surface area contributed by atoms with Gasteiger partial charge in [0, 0.05) is 22.0 Å². The summed E-state index contributed by atoms with van der Waals surface area (Å²) in [5, 5.41) is 7.19. The largest absolute Gasteiger partial charge is 0.497 e. The number of nitrogens with zero attached hydrogens (tertiary/aromatic N) is 2. The molecule has 0 saturated carbocycles. The van der Waals surface area contributed by atoms with E-state index in [1.807, 2.05) is 18.2 Å².